The molecule has 0 bridgehead atoms. The number of nitrogens with zero attached hydrogens (tertiary/aromatic N) is 2. The smallest absolute Gasteiger partial charge is 0.134 e. The van der Waals surface area contributed by atoms with Gasteiger partial charge < -0.3 is 9.30 Å². The molecule has 0 N–H and O–H groups in total. The van der Waals surface area contributed by atoms with Crippen LogP contribution in [0.3, 0.4) is 0 Å². The summed E-state index contributed by atoms with van der Waals surface area (Å²) in [5, 5.41) is 1.28. The molecule has 0 fully saturated rings. The van der Waals surface area contributed by atoms with Crippen molar-refractivity contribution < 1.29 is 4.74 Å². The van der Waals surface area contributed by atoms with Crippen LogP contribution in [-0.4, -0.2) is 16.7 Å². The number of imidazole rings is 1. The molecule has 0 amide bonds. The van der Waals surface area contributed by atoms with Gasteiger partial charge in [-0.25, -0.2) is 4.98 Å². The molecule has 3 aromatic carbocycles. The van der Waals surface area contributed by atoms with E-state index in [1.807, 2.05) is 66.7 Å². The topological polar surface area (TPSA) is 27.1 Å². The summed E-state index contributed by atoms with van der Waals surface area (Å²) in [6.45, 7) is 0.610. The zero-order valence-corrected chi connectivity index (χ0v) is 16.8. The van der Waals surface area contributed by atoms with Crippen LogP contribution in [0.1, 0.15) is 17.0 Å². The summed E-state index contributed by atoms with van der Waals surface area (Å²) in [5.74, 6) is 1.70. The van der Waals surface area contributed by atoms with Crippen LogP contribution in [0.5, 0.6) is 5.75 Å². The number of methoxy groups -OCH3 is 1. The third-order valence-corrected chi connectivity index (χ3v) is 5.16. The Morgan fingerprint density at radius 3 is 2.50 bits per heavy atom. The van der Waals surface area contributed by atoms with E-state index >= 15 is 0 Å². The fourth-order valence-corrected chi connectivity index (χ4v) is 3.56. The molecule has 0 spiro atoms. The highest BCUT2D eigenvalue weighted by Crippen LogP contribution is 2.25. The number of hydrogen-bond acceptors (Lipinski definition) is 2. The van der Waals surface area contributed by atoms with Gasteiger partial charge in [0.2, 0.25) is 0 Å². The summed E-state index contributed by atoms with van der Waals surface area (Å²) in [6, 6.07) is 21.6. The summed E-state index contributed by atoms with van der Waals surface area (Å²) >= 11 is 12.4. The normalized spacial score (nSPS) is 11.4. The second-order valence-electron chi connectivity index (χ2n) is 6.39. The molecule has 1 heterocycles. The van der Waals surface area contributed by atoms with Crippen LogP contribution >= 0.6 is 23.2 Å². The second-order valence-corrected chi connectivity index (χ2v) is 7.23. The number of halogens is 2. The van der Waals surface area contributed by atoms with E-state index in [0.717, 1.165) is 33.7 Å². The van der Waals surface area contributed by atoms with Crippen molar-refractivity contribution in [2.45, 2.75) is 6.54 Å². The molecule has 4 aromatic rings. The van der Waals surface area contributed by atoms with Crippen LogP contribution in [0, 0.1) is 0 Å². The van der Waals surface area contributed by atoms with Crippen LogP contribution < -0.4 is 4.74 Å². The van der Waals surface area contributed by atoms with Gasteiger partial charge >= 0.3 is 0 Å². The average Bonchev–Trinajstić information content (AvgIpc) is 3.06. The van der Waals surface area contributed by atoms with E-state index < -0.39 is 0 Å². The quantitative estimate of drug-likeness (QED) is 0.373. The first-order valence-electron chi connectivity index (χ1n) is 8.85. The molecule has 0 aliphatic heterocycles. The summed E-state index contributed by atoms with van der Waals surface area (Å²) in [4.78, 5) is 4.79. The standard InChI is InChI=1S/C23H18Cl2N2O/c1-28-19-11-6-16(7-12-19)8-13-23-26-21-4-2-3-5-22(21)27(23)15-17-9-10-18(24)14-20(17)25/h2-14H,15H2,1H3. The van der Waals surface area contributed by atoms with E-state index in [4.69, 9.17) is 32.9 Å². The van der Waals surface area contributed by atoms with Crippen LogP contribution in [0.4, 0.5) is 0 Å². The van der Waals surface area contributed by atoms with Gasteiger partial charge in [0.1, 0.15) is 11.6 Å². The van der Waals surface area contributed by atoms with Gasteiger partial charge in [0.05, 0.1) is 24.7 Å². The van der Waals surface area contributed by atoms with Crippen molar-refractivity contribution >= 4 is 46.4 Å². The van der Waals surface area contributed by atoms with Crippen molar-refractivity contribution in [3.63, 3.8) is 0 Å². The average molecular weight is 409 g/mol. The molecule has 28 heavy (non-hydrogen) atoms. The fraction of sp³-hybridized carbons (Fsp3) is 0.0870. The fourth-order valence-electron chi connectivity index (χ4n) is 3.09. The van der Waals surface area contributed by atoms with Gasteiger partial charge in [-0.15, -0.1) is 0 Å². The maximum atomic E-state index is 6.40. The third-order valence-electron chi connectivity index (χ3n) is 4.57. The van der Waals surface area contributed by atoms with Crippen molar-refractivity contribution in [1.29, 1.82) is 0 Å². The molecule has 0 saturated carbocycles. The number of rotatable bonds is 5. The van der Waals surface area contributed by atoms with E-state index in [1.165, 1.54) is 0 Å². The molecular weight excluding hydrogens is 391 g/mol. The van der Waals surface area contributed by atoms with Crippen molar-refractivity contribution in [2.24, 2.45) is 0 Å². The molecule has 0 radical (unpaired) electrons. The van der Waals surface area contributed by atoms with Crippen molar-refractivity contribution in [3.8, 4) is 5.75 Å². The SMILES string of the molecule is COc1ccc(C=Cc2nc3ccccc3n2Cc2ccc(Cl)cc2Cl)cc1. The Bertz CT molecular complexity index is 1150. The lowest BCUT2D eigenvalue weighted by atomic mass is 10.2. The minimum absolute atomic E-state index is 0.610. The molecular formula is C23H18Cl2N2O. The highest BCUT2D eigenvalue weighted by molar-refractivity contribution is 6.35. The van der Waals surface area contributed by atoms with Gasteiger partial charge in [-0.05, 0) is 53.6 Å². The van der Waals surface area contributed by atoms with Gasteiger partial charge in [0.15, 0.2) is 0 Å². The Balaban J connectivity index is 1.73. The van der Waals surface area contributed by atoms with Crippen LogP contribution in [0.25, 0.3) is 23.2 Å². The van der Waals surface area contributed by atoms with Gasteiger partial charge in [-0.3, -0.25) is 0 Å². The molecule has 3 nitrogen and oxygen atoms in total. The number of ether oxygens (including phenoxy) is 1. The molecule has 1 aromatic heterocycles. The first kappa shape index (κ1) is 18.6. The largest absolute Gasteiger partial charge is 0.497 e. The Hall–Kier alpha value is -2.75. The summed E-state index contributed by atoms with van der Waals surface area (Å²) in [7, 11) is 1.66. The number of aromatic nitrogens is 2. The van der Waals surface area contributed by atoms with E-state index in [2.05, 4.69) is 10.6 Å². The maximum absolute atomic E-state index is 6.40. The Labute approximate surface area is 173 Å². The summed E-state index contributed by atoms with van der Waals surface area (Å²) < 4.78 is 7.37. The van der Waals surface area contributed by atoms with E-state index in [-0.39, 0.29) is 0 Å². The molecule has 0 saturated heterocycles. The van der Waals surface area contributed by atoms with Crippen molar-refractivity contribution in [2.75, 3.05) is 7.11 Å². The van der Waals surface area contributed by atoms with Gasteiger partial charge in [0.25, 0.3) is 0 Å². The molecule has 0 aliphatic carbocycles. The monoisotopic (exact) mass is 408 g/mol. The van der Waals surface area contributed by atoms with Crippen LogP contribution in [0.2, 0.25) is 10.0 Å². The number of hydrogen-bond donors (Lipinski definition) is 0. The predicted molar refractivity (Wildman–Crippen MR) is 117 cm³/mol. The number of fused-ring (bicyclic) bond motifs is 1. The molecule has 0 aliphatic rings. The zero-order chi connectivity index (χ0) is 19.5. The van der Waals surface area contributed by atoms with Crippen LogP contribution in [-0.2, 0) is 6.54 Å². The Morgan fingerprint density at radius 2 is 1.75 bits per heavy atom. The minimum Gasteiger partial charge on any atom is -0.497 e. The lowest BCUT2D eigenvalue weighted by Gasteiger charge is -2.09. The lowest BCUT2D eigenvalue weighted by molar-refractivity contribution is 0.415. The van der Waals surface area contributed by atoms with E-state index in [9.17, 15) is 0 Å². The molecule has 0 unspecified atom stereocenters. The Morgan fingerprint density at radius 1 is 0.964 bits per heavy atom. The second kappa shape index (κ2) is 8.09. The molecule has 140 valence electrons. The highest BCUT2D eigenvalue weighted by Gasteiger charge is 2.11. The van der Waals surface area contributed by atoms with Crippen LogP contribution in [0.15, 0.2) is 66.7 Å². The van der Waals surface area contributed by atoms with Crippen molar-refractivity contribution in [1.82, 2.24) is 9.55 Å². The molecule has 0 atom stereocenters. The molecule has 5 heteroatoms. The van der Waals surface area contributed by atoms with Gasteiger partial charge in [-0.2, -0.15) is 0 Å². The summed E-state index contributed by atoms with van der Waals surface area (Å²) in [5.41, 5.74) is 4.07. The number of benzene rings is 3. The maximum Gasteiger partial charge on any atom is 0.134 e. The summed E-state index contributed by atoms with van der Waals surface area (Å²) in [6.07, 6.45) is 4.06. The zero-order valence-electron chi connectivity index (χ0n) is 15.3. The molecule has 4 rings (SSSR count). The highest BCUT2D eigenvalue weighted by atomic mass is 35.5. The Kier molecular flexibility index (Phi) is 5.38. The van der Waals surface area contributed by atoms with Gasteiger partial charge in [0, 0.05) is 10.0 Å². The minimum atomic E-state index is 0.610. The van der Waals surface area contributed by atoms with Crippen molar-refractivity contribution in [3.05, 3.63) is 93.7 Å². The third kappa shape index (κ3) is 3.91. The van der Waals surface area contributed by atoms with Gasteiger partial charge in [-0.1, -0.05) is 59.6 Å². The van der Waals surface area contributed by atoms with E-state index in [0.29, 0.717) is 16.6 Å². The van der Waals surface area contributed by atoms with E-state index in [1.54, 1.807) is 13.2 Å². The number of para-hydroxylation sites is 2. The first-order chi connectivity index (χ1) is 13.6. The first-order valence-corrected chi connectivity index (χ1v) is 9.61. The lowest BCUT2D eigenvalue weighted by Crippen LogP contribution is -2.02. The predicted octanol–water partition coefficient (Wildman–Crippen LogP) is 6.57.